The third-order valence-corrected chi connectivity index (χ3v) is 8.72. The summed E-state index contributed by atoms with van der Waals surface area (Å²) < 4.78 is 34.0. The fourth-order valence-corrected chi connectivity index (χ4v) is 6.04. The molecule has 0 aromatic heterocycles. The third kappa shape index (κ3) is 7.47. The van der Waals surface area contributed by atoms with Crippen molar-refractivity contribution >= 4 is 50.7 Å². The smallest absolute Gasteiger partial charge is 0.264 e. The van der Waals surface area contributed by atoms with Crippen molar-refractivity contribution < 1.29 is 22.7 Å². The average molecular weight is 607 g/mol. The number of methoxy groups -OCH3 is 1. The lowest BCUT2D eigenvalue weighted by Gasteiger charge is -2.33. The summed E-state index contributed by atoms with van der Waals surface area (Å²) in [4.78, 5) is 28.4. The van der Waals surface area contributed by atoms with Crippen molar-refractivity contribution in [3.63, 3.8) is 0 Å². The topological polar surface area (TPSA) is 96.0 Å². The molecule has 0 saturated carbocycles. The number of benzene rings is 3. The maximum atomic E-state index is 14.0. The third-order valence-electron chi connectivity index (χ3n) is 6.34. The summed E-state index contributed by atoms with van der Waals surface area (Å²) in [5, 5.41) is 3.53. The molecule has 8 nitrogen and oxygen atoms in total. The lowest BCUT2D eigenvalue weighted by molar-refractivity contribution is -0.140. The molecule has 1 N–H and O–H groups in total. The molecule has 0 aliphatic heterocycles. The van der Waals surface area contributed by atoms with Crippen LogP contribution in [0, 0.1) is 6.92 Å². The van der Waals surface area contributed by atoms with Gasteiger partial charge in [0.2, 0.25) is 11.8 Å². The van der Waals surface area contributed by atoms with Crippen molar-refractivity contribution in [2.24, 2.45) is 0 Å². The number of amides is 2. The van der Waals surface area contributed by atoms with Gasteiger partial charge in [-0.25, -0.2) is 8.42 Å². The van der Waals surface area contributed by atoms with Gasteiger partial charge in [0.15, 0.2) is 0 Å². The molecule has 3 rings (SSSR count). The zero-order valence-electron chi connectivity index (χ0n) is 22.9. The van der Waals surface area contributed by atoms with Crippen LogP contribution >= 0.6 is 23.2 Å². The molecule has 40 heavy (non-hydrogen) atoms. The van der Waals surface area contributed by atoms with E-state index in [1.54, 1.807) is 68.4 Å². The van der Waals surface area contributed by atoms with E-state index in [1.165, 1.54) is 24.1 Å². The second-order valence-electron chi connectivity index (χ2n) is 9.10. The van der Waals surface area contributed by atoms with Crippen LogP contribution in [0.5, 0.6) is 5.75 Å². The average Bonchev–Trinajstić information content (AvgIpc) is 2.93. The van der Waals surface area contributed by atoms with Crippen LogP contribution in [-0.4, -0.2) is 51.4 Å². The standard InChI is InChI=1S/C29H33Cl2N3O5S/c1-5-27(29(36)32-6-2)33(18-21-9-10-22(30)17-26(21)31)28(35)19-34(23-11-7-20(3)8-12-23)40(37,38)25-15-13-24(39-4)14-16-25/h7-17,27H,5-6,18-19H2,1-4H3,(H,32,36)/t27-/m0/s1. The SMILES string of the molecule is CCNC(=O)[C@H](CC)N(Cc1ccc(Cl)cc1Cl)C(=O)CN(c1ccc(C)cc1)S(=O)(=O)c1ccc(OC)cc1. The number of likely N-dealkylation sites (N-methyl/N-ethyl adjacent to an activating group) is 1. The summed E-state index contributed by atoms with van der Waals surface area (Å²) in [7, 11) is -2.70. The number of nitrogens with one attached hydrogen (secondary N) is 1. The van der Waals surface area contributed by atoms with E-state index in [0.29, 0.717) is 40.0 Å². The lowest BCUT2D eigenvalue weighted by atomic mass is 10.1. The first-order valence-electron chi connectivity index (χ1n) is 12.8. The fraction of sp³-hybridized carbons (Fsp3) is 0.310. The molecule has 11 heteroatoms. The number of halogens is 2. The predicted octanol–water partition coefficient (Wildman–Crippen LogP) is 5.45. The summed E-state index contributed by atoms with van der Waals surface area (Å²) in [5.74, 6) is -0.416. The molecule has 1 atom stereocenters. The Morgan fingerprint density at radius 2 is 1.62 bits per heavy atom. The van der Waals surface area contributed by atoms with E-state index < -0.39 is 28.5 Å². The molecule has 0 bridgehead atoms. The van der Waals surface area contributed by atoms with Crippen LogP contribution in [0.4, 0.5) is 5.69 Å². The van der Waals surface area contributed by atoms with Crippen LogP contribution in [0.3, 0.4) is 0 Å². The van der Waals surface area contributed by atoms with Crippen molar-refractivity contribution in [2.45, 2.75) is 44.7 Å². The monoisotopic (exact) mass is 605 g/mol. The Balaban J connectivity index is 2.07. The lowest BCUT2D eigenvalue weighted by Crippen LogP contribution is -2.52. The van der Waals surface area contributed by atoms with Gasteiger partial charge in [0, 0.05) is 23.1 Å². The first-order valence-corrected chi connectivity index (χ1v) is 15.0. The van der Waals surface area contributed by atoms with Crippen LogP contribution < -0.4 is 14.4 Å². The Labute approximate surface area is 245 Å². The van der Waals surface area contributed by atoms with E-state index in [0.717, 1.165) is 9.87 Å². The maximum Gasteiger partial charge on any atom is 0.264 e. The van der Waals surface area contributed by atoms with Gasteiger partial charge in [-0.05, 0) is 74.4 Å². The second-order valence-corrected chi connectivity index (χ2v) is 11.8. The number of carbonyl (C=O) groups is 2. The van der Waals surface area contributed by atoms with Gasteiger partial charge in [0.25, 0.3) is 10.0 Å². The molecule has 0 spiro atoms. The molecule has 0 saturated heterocycles. The highest BCUT2D eigenvalue weighted by atomic mass is 35.5. The number of ether oxygens (including phenoxy) is 1. The number of hydrogen-bond acceptors (Lipinski definition) is 5. The minimum Gasteiger partial charge on any atom is -0.497 e. The maximum absolute atomic E-state index is 14.0. The molecule has 0 aliphatic carbocycles. The molecule has 2 amide bonds. The largest absolute Gasteiger partial charge is 0.497 e. The fourth-order valence-electron chi connectivity index (χ4n) is 4.16. The normalized spacial score (nSPS) is 11.9. The van der Waals surface area contributed by atoms with Crippen molar-refractivity contribution in [2.75, 3.05) is 24.5 Å². The molecule has 3 aromatic carbocycles. The van der Waals surface area contributed by atoms with Crippen LogP contribution in [0.1, 0.15) is 31.4 Å². The quantitative estimate of drug-likeness (QED) is 0.296. The molecule has 214 valence electrons. The second kappa shape index (κ2) is 13.9. The minimum atomic E-state index is -4.18. The summed E-state index contributed by atoms with van der Waals surface area (Å²) in [6, 6.07) is 16.8. The molecule has 3 aromatic rings. The number of carbonyl (C=O) groups excluding carboxylic acids is 2. The highest BCUT2D eigenvalue weighted by Crippen LogP contribution is 2.28. The van der Waals surface area contributed by atoms with E-state index >= 15 is 0 Å². The Morgan fingerprint density at radius 3 is 2.17 bits per heavy atom. The van der Waals surface area contributed by atoms with Crippen molar-refractivity contribution in [1.29, 1.82) is 0 Å². The van der Waals surface area contributed by atoms with Crippen LogP contribution in [0.2, 0.25) is 10.0 Å². The van der Waals surface area contributed by atoms with Gasteiger partial charge in [0.1, 0.15) is 18.3 Å². The van der Waals surface area contributed by atoms with E-state index in [2.05, 4.69) is 5.32 Å². The zero-order chi connectivity index (χ0) is 29.4. The van der Waals surface area contributed by atoms with Crippen molar-refractivity contribution in [1.82, 2.24) is 10.2 Å². The first kappa shape index (κ1) is 31.3. The Kier molecular flexibility index (Phi) is 10.8. The van der Waals surface area contributed by atoms with E-state index in [-0.39, 0.29) is 17.3 Å². The Hall–Kier alpha value is -3.27. The minimum absolute atomic E-state index is 0.00950. The summed E-state index contributed by atoms with van der Waals surface area (Å²) >= 11 is 12.5. The summed E-state index contributed by atoms with van der Waals surface area (Å²) in [6.07, 6.45) is 0.304. The van der Waals surface area contributed by atoms with Crippen molar-refractivity contribution in [3.8, 4) is 5.75 Å². The molecular weight excluding hydrogens is 573 g/mol. The van der Waals surface area contributed by atoms with Crippen LogP contribution in [0.25, 0.3) is 0 Å². The highest BCUT2D eigenvalue weighted by molar-refractivity contribution is 7.92. The molecule has 0 aliphatic rings. The molecule has 0 fully saturated rings. The van der Waals surface area contributed by atoms with Gasteiger partial charge < -0.3 is 15.0 Å². The van der Waals surface area contributed by atoms with Gasteiger partial charge >= 0.3 is 0 Å². The Morgan fingerprint density at radius 1 is 0.975 bits per heavy atom. The molecular formula is C29H33Cl2N3O5S. The van der Waals surface area contributed by atoms with Crippen LogP contribution in [-0.2, 0) is 26.2 Å². The number of anilines is 1. The first-order chi connectivity index (χ1) is 19.0. The van der Waals surface area contributed by atoms with Gasteiger partial charge in [-0.1, -0.05) is 53.9 Å². The van der Waals surface area contributed by atoms with Gasteiger partial charge in [-0.3, -0.25) is 13.9 Å². The van der Waals surface area contributed by atoms with E-state index in [9.17, 15) is 18.0 Å². The Bertz CT molecular complexity index is 1430. The van der Waals surface area contributed by atoms with Gasteiger partial charge in [-0.15, -0.1) is 0 Å². The van der Waals surface area contributed by atoms with E-state index in [4.69, 9.17) is 27.9 Å². The molecule has 0 unspecified atom stereocenters. The van der Waals surface area contributed by atoms with Crippen molar-refractivity contribution in [3.05, 3.63) is 87.9 Å². The van der Waals surface area contributed by atoms with Gasteiger partial charge in [0.05, 0.1) is 17.7 Å². The number of nitrogens with zero attached hydrogens (tertiary/aromatic N) is 2. The van der Waals surface area contributed by atoms with E-state index in [1.807, 2.05) is 6.92 Å². The summed E-state index contributed by atoms with van der Waals surface area (Å²) in [6.45, 7) is 5.27. The predicted molar refractivity (Wildman–Crippen MR) is 158 cm³/mol. The van der Waals surface area contributed by atoms with Gasteiger partial charge in [-0.2, -0.15) is 0 Å². The highest BCUT2D eigenvalue weighted by Gasteiger charge is 2.33. The number of sulfonamides is 1. The zero-order valence-corrected chi connectivity index (χ0v) is 25.2. The summed E-state index contributed by atoms with van der Waals surface area (Å²) in [5.41, 5.74) is 1.81. The number of aryl methyl sites for hydroxylation is 1. The molecule has 0 radical (unpaired) electrons. The van der Waals surface area contributed by atoms with Crippen LogP contribution in [0.15, 0.2) is 71.6 Å². The number of hydrogen-bond donors (Lipinski definition) is 1. The molecule has 0 heterocycles. The number of rotatable bonds is 12.